The molecule has 5 heterocycles. The van der Waals surface area contributed by atoms with E-state index in [0.717, 1.165) is 24.1 Å². The Balaban J connectivity index is 1.49. The predicted octanol–water partition coefficient (Wildman–Crippen LogP) is 2.21. The Morgan fingerprint density at radius 2 is 2.10 bits per heavy atom. The van der Waals surface area contributed by atoms with Crippen LogP contribution in [0.1, 0.15) is 17.0 Å². The van der Waals surface area contributed by atoms with Gasteiger partial charge < -0.3 is 14.2 Å². The number of furan rings is 1. The van der Waals surface area contributed by atoms with E-state index >= 15 is 0 Å². The van der Waals surface area contributed by atoms with E-state index in [1.165, 1.54) is 19.5 Å². The van der Waals surface area contributed by atoms with Crippen molar-refractivity contribution in [2.45, 2.75) is 12.5 Å². The molecule has 0 saturated carbocycles. The first kappa shape index (κ1) is 11.8. The highest BCUT2D eigenvalue weighted by Crippen LogP contribution is 2.42. The van der Waals surface area contributed by atoms with E-state index in [2.05, 4.69) is 9.80 Å². The molecule has 4 atom stereocenters. The van der Waals surface area contributed by atoms with Gasteiger partial charge in [-0.25, -0.2) is 0 Å². The van der Waals surface area contributed by atoms with Crippen LogP contribution >= 0.6 is 0 Å². The Morgan fingerprint density at radius 1 is 1.19 bits per heavy atom. The van der Waals surface area contributed by atoms with Crippen molar-refractivity contribution >= 4 is 16.9 Å². The molecule has 0 radical (unpaired) electrons. The van der Waals surface area contributed by atoms with Crippen molar-refractivity contribution in [3.63, 3.8) is 0 Å². The molecule has 1 aromatic heterocycles. The summed E-state index contributed by atoms with van der Waals surface area (Å²) in [6.45, 7) is 4.34. The van der Waals surface area contributed by atoms with Crippen molar-refractivity contribution in [3.05, 3.63) is 36.1 Å². The summed E-state index contributed by atoms with van der Waals surface area (Å²) in [5, 5.41) is 1.01. The number of carbonyl (C=O) groups excluding carboxylic acids is 1. The largest absolute Gasteiger partial charge is 0.451 e. The van der Waals surface area contributed by atoms with Crippen molar-refractivity contribution in [1.82, 2.24) is 9.80 Å². The summed E-state index contributed by atoms with van der Waals surface area (Å²) in [4.78, 5) is 17.4. The molecule has 2 aromatic rings. The summed E-state index contributed by atoms with van der Waals surface area (Å²) in [6, 6.07) is 10.1. The number of fused-ring (bicyclic) bond motifs is 2. The number of para-hydroxylation sites is 1. The van der Waals surface area contributed by atoms with Crippen LogP contribution in [0.15, 0.2) is 34.7 Å². The second-order valence-corrected chi connectivity index (χ2v) is 6.65. The molecular weight excluding hydrogens is 264 g/mol. The Kier molecular flexibility index (Phi) is 2.31. The number of benzene rings is 1. The molecule has 1 amide bonds. The van der Waals surface area contributed by atoms with Crippen LogP contribution in [0.4, 0.5) is 0 Å². The molecule has 0 aliphatic carbocycles. The van der Waals surface area contributed by atoms with E-state index in [-0.39, 0.29) is 5.91 Å². The minimum absolute atomic E-state index is 0.0763. The molecule has 0 N–H and O–H groups in total. The monoisotopic (exact) mass is 282 g/mol. The van der Waals surface area contributed by atoms with E-state index in [1.807, 2.05) is 30.3 Å². The van der Waals surface area contributed by atoms with Gasteiger partial charge in [-0.2, -0.15) is 0 Å². The van der Waals surface area contributed by atoms with Crippen LogP contribution in [0, 0.1) is 11.8 Å². The molecule has 1 aromatic carbocycles. The quantitative estimate of drug-likeness (QED) is 0.804. The fourth-order valence-corrected chi connectivity index (χ4v) is 4.57. The highest BCUT2D eigenvalue weighted by molar-refractivity contribution is 5.96. The molecule has 4 fully saturated rings. The van der Waals surface area contributed by atoms with Crippen LogP contribution in [0.5, 0.6) is 0 Å². The summed E-state index contributed by atoms with van der Waals surface area (Å²) in [5.41, 5.74) is 0.799. The molecule has 4 aliphatic heterocycles. The van der Waals surface area contributed by atoms with Crippen LogP contribution in [-0.2, 0) is 0 Å². The molecule has 4 saturated heterocycles. The molecular formula is C17H18N2O2. The number of amides is 1. The first-order chi connectivity index (χ1) is 10.3. The lowest BCUT2D eigenvalue weighted by atomic mass is 9.80. The van der Waals surface area contributed by atoms with Gasteiger partial charge in [0.1, 0.15) is 5.58 Å². The van der Waals surface area contributed by atoms with Crippen LogP contribution < -0.4 is 0 Å². The minimum atomic E-state index is 0.0763. The van der Waals surface area contributed by atoms with Gasteiger partial charge in [0.2, 0.25) is 0 Å². The molecule has 6 rings (SSSR count). The van der Waals surface area contributed by atoms with Crippen LogP contribution in [0.2, 0.25) is 0 Å². The van der Waals surface area contributed by atoms with Crippen molar-refractivity contribution in [1.29, 1.82) is 0 Å². The van der Waals surface area contributed by atoms with Gasteiger partial charge >= 0.3 is 0 Å². The summed E-state index contributed by atoms with van der Waals surface area (Å²) in [6.07, 6.45) is 1.25. The lowest BCUT2D eigenvalue weighted by molar-refractivity contribution is 0.0408. The zero-order valence-corrected chi connectivity index (χ0v) is 11.9. The number of piperidine rings is 3. The van der Waals surface area contributed by atoms with Crippen molar-refractivity contribution in [2.75, 3.05) is 26.2 Å². The molecule has 1 unspecified atom stereocenters. The molecule has 4 aliphatic rings. The first-order valence-electron chi connectivity index (χ1n) is 7.81. The maximum absolute atomic E-state index is 12.8. The van der Waals surface area contributed by atoms with Crippen molar-refractivity contribution in [2.24, 2.45) is 11.8 Å². The van der Waals surface area contributed by atoms with E-state index < -0.39 is 0 Å². The molecule has 108 valence electrons. The number of likely N-dealkylation sites (tertiary alicyclic amines) is 1. The highest BCUT2D eigenvalue weighted by atomic mass is 16.3. The van der Waals surface area contributed by atoms with Gasteiger partial charge in [-0.15, -0.1) is 0 Å². The summed E-state index contributed by atoms with van der Waals surface area (Å²) >= 11 is 0. The number of carbonyl (C=O) groups is 1. The standard InChI is InChI=1S/C17H18N2O2/c20-17(16-7-11-3-1-2-4-15(11)21-16)19-9-12-8-18-6-5-13(12)14(19)10-18/h1-4,7,12-14H,5-6,8-10H2/t12-,13?,14-/m0/s1. The van der Waals surface area contributed by atoms with Gasteiger partial charge in [0.15, 0.2) is 5.76 Å². The lowest BCUT2D eigenvalue weighted by Gasteiger charge is -2.44. The Labute approximate surface area is 123 Å². The lowest BCUT2D eigenvalue weighted by Crippen LogP contribution is -2.54. The predicted molar refractivity (Wildman–Crippen MR) is 79.1 cm³/mol. The molecule has 4 bridgehead atoms. The average Bonchev–Trinajstić information content (AvgIpc) is 3.06. The number of hydrogen-bond donors (Lipinski definition) is 0. The molecule has 0 spiro atoms. The average molecular weight is 282 g/mol. The molecule has 4 nitrogen and oxygen atoms in total. The maximum Gasteiger partial charge on any atom is 0.289 e. The van der Waals surface area contributed by atoms with E-state index in [0.29, 0.717) is 23.6 Å². The fraction of sp³-hybridized carbons (Fsp3) is 0.471. The number of nitrogens with zero attached hydrogens (tertiary/aromatic N) is 2. The van der Waals surface area contributed by atoms with Crippen molar-refractivity contribution < 1.29 is 9.21 Å². The van der Waals surface area contributed by atoms with E-state index in [1.54, 1.807) is 0 Å². The van der Waals surface area contributed by atoms with Gasteiger partial charge in [-0.1, -0.05) is 18.2 Å². The zero-order chi connectivity index (χ0) is 14.0. The van der Waals surface area contributed by atoms with E-state index in [9.17, 15) is 4.79 Å². The normalized spacial score (nSPS) is 33.8. The van der Waals surface area contributed by atoms with Crippen LogP contribution in [0.3, 0.4) is 0 Å². The third kappa shape index (κ3) is 1.62. The summed E-state index contributed by atoms with van der Waals surface area (Å²) in [7, 11) is 0. The Bertz CT molecular complexity index is 689. The highest BCUT2D eigenvalue weighted by Gasteiger charge is 2.51. The third-order valence-corrected chi connectivity index (χ3v) is 5.55. The van der Waals surface area contributed by atoms with Gasteiger partial charge in [0, 0.05) is 31.1 Å². The maximum atomic E-state index is 12.8. The first-order valence-corrected chi connectivity index (χ1v) is 7.81. The topological polar surface area (TPSA) is 36.7 Å². The van der Waals surface area contributed by atoms with Gasteiger partial charge in [-0.05, 0) is 36.9 Å². The Hall–Kier alpha value is -1.81. The third-order valence-electron chi connectivity index (χ3n) is 5.55. The van der Waals surface area contributed by atoms with Crippen molar-refractivity contribution in [3.8, 4) is 0 Å². The zero-order valence-electron chi connectivity index (χ0n) is 11.9. The molecule has 4 heteroatoms. The van der Waals surface area contributed by atoms with E-state index in [4.69, 9.17) is 4.42 Å². The number of rotatable bonds is 1. The smallest absolute Gasteiger partial charge is 0.289 e. The van der Waals surface area contributed by atoms with Crippen LogP contribution in [0.25, 0.3) is 11.0 Å². The minimum Gasteiger partial charge on any atom is -0.451 e. The second-order valence-electron chi connectivity index (χ2n) is 6.65. The fourth-order valence-electron chi connectivity index (χ4n) is 4.57. The summed E-state index contributed by atoms with van der Waals surface area (Å²) in [5.74, 6) is 1.95. The molecule has 21 heavy (non-hydrogen) atoms. The summed E-state index contributed by atoms with van der Waals surface area (Å²) < 4.78 is 5.77. The Morgan fingerprint density at radius 3 is 2.90 bits per heavy atom. The second kappa shape index (κ2) is 4.10. The SMILES string of the molecule is O=C(c1cc2ccccc2o1)N1C[C@@H]2C[N@@]3CCC2[C@@H]1C3. The van der Waals surface area contributed by atoms with Gasteiger partial charge in [-0.3, -0.25) is 4.79 Å². The van der Waals surface area contributed by atoms with Gasteiger partial charge in [0.05, 0.1) is 0 Å². The van der Waals surface area contributed by atoms with Gasteiger partial charge in [0.25, 0.3) is 5.91 Å². The van der Waals surface area contributed by atoms with Crippen LogP contribution in [-0.4, -0.2) is 47.9 Å². The number of hydrogen-bond acceptors (Lipinski definition) is 3.